The summed E-state index contributed by atoms with van der Waals surface area (Å²) in [6.45, 7) is 2.94. The summed E-state index contributed by atoms with van der Waals surface area (Å²) >= 11 is 0. The first-order valence-corrected chi connectivity index (χ1v) is 11.1. The molecule has 1 aromatic rings. The van der Waals surface area contributed by atoms with Crippen molar-refractivity contribution in [2.75, 3.05) is 19.6 Å². The van der Waals surface area contributed by atoms with Crippen LogP contribution in [0.3, 0.4) is 0 Å². The van der Waals surface area contributed by atoms with Gasteiger partial charge in [0.15, 0.2) is 0 Å². The summed E-state index contributed by atoms with van der Waals surface area (Å²) in [6.07, 6.45) is 5.71. The molecule has 4 fully saturated rings. The molecule has 0 aromatic heterocycles. The van der Waals surface area contributed by atoms with Gasteiger partial charge in [-0.25, -0.2) is 4.39 Å². The maximum Gasteiger partial charge on any atom is 0.223 e. The van der Waals surface area contributed by atoms with E-state index in [1.165, 1.54) is 6.07 Å². The molecule has 0 radical (unpaired) electrons. The predicted octanol–water partition coefficient (Wildman–Crippen LogP) is 2.55. The largest absolute Gasteiger partial charge is 0.354 e. The molecule has 3 heterocycles. The van der Waals surface area contributed by atoms with Gasteiger partial charge in [0.25, 0.3) is 0 Å². The first-order chi connectivity index (χ1) is 14.1. The van der Waals surface area contributed by atoms with Crippen LogP contribution in [0.2, 0.25) is 0 Å². The summed E-state index contributed by atoms with van der Waals surface area (Å²) in [7, 11) is 0. The van der Waals surface area contributed by atoms with Crippen LogP contribution in [-0.4, -0.2) is 53.3 Å². The van der Waals surface area contributed by atoms with Crippen LogP contribution in [0.4, 0.5) is 4.39 Å². The molecule has 1 aromatic carbocycles. The van der Waals surface area contributed by atoms with E-state index < -0.39 is 0 Å². The quantitative estimate of drug-likeness (QED) is 0.828. The van der Waals surface area contributed by atoms with Crippen LogP contribution in [0.5, 0.6) is 0 Å². The maximum atomic E-state index is 14.2. The lowest BCUT2D eigenvalue weighted by Gasteiger charge is -2.56. The Morgan fingerprint density at radius 3 is 2.72 bits per heavy atom. The Morgan fingerprint density at radius 1 is 1.14 bits per heavy atom. The molecule has 4 aliphatic rings. The Kier molecular flexibility index (Phi) is 5.06. The van der Waals surface area contributed by atoms with Crippen molar-refractivity contribution in [1.82, 2.24) is 15.1 Å². The SMILES string of the molecule is O=C(NC[C@H]1[C@H]2C[C@H](CN(Cc3ccccc3F)C2)[C@@H]2CCCC(=O)N21)C1CC1. The predicted molar refractivity (Wildman–Crippen MR) is 107 cm³/mol. The third-order valence-corrected chi connectivity index (χ3v) is 7.36. The van der Waals surface area contributed by atoms with E-state index in [1.54, 1.807) is 6.07 Å². The van der Waals surface area contributed by atoms with Crippen LogP contribution >= 0.6 is 0 Å². The lowest BCUT2D eigenvalue weighted by atomic mass is 9.72. The number of nitrogens with zero attached hydrogens (tertiary/aromatic N) is 2. The van der Waals surface area contributed by atoms with Gasteiger partial charge >= 0.3 is 0 Å². The number of hydrogen-bond acceptors (Lipinski definition) is 3. The molecule has 4 atom stereocenters. The second-order valence-electron chi connectivity index (χ2n) is 9.39. The average molecular weight is 400 g/mol. The van der Waals surface area contributed by atoms with Gasteiger partial charge in [0.2, 0.25) is 11.8 Å². The molecule has 0 unspecified atom stereocenters. The number of halogens is 1. The Bertz CT molecular complexity index is 796. The Labute approximate surface area is 171 Å². The van der Waals surface area contributed by atoms with Crippen molar-refractivity contribution in [2.45, 2.75) is 57.2 Å². The highest BCUT2D eigenvalue weighted by Crippen LogP contribution is 2.42. The fraction of sp³-hybridized carbons (Fsp3) is 0.652. The normalized spacial score (nSPS) is 32.0. The third kappa shape index (κ3) is 3.79. The highest BCUT2D eigenvalue weighted by atomic mass is 19.1. The average Bonchev–Trinajstić information content (AvgIpc) is 3.55. The zero-order valence-corrected chi connectivity index (χ0v) is 16.9. The van der Waals surface area contributed by atoms with E-state index >= 15 is 0 Å². The van der Waals surface area contributed by atoms with Crippen molar-refractivity contribution >= 4 is 11.8 Å². The van der Waals surface area contributed by atoms with Crippen LogP contribution in [0.25, 0.3) is 0 Å². The van der Waals surface area contributed by atoms with Crippen molar-refractivity contribution < 1.29 is 14.0 Å². The molecule has 156 valence electrons. The van der Waals surface area contributed by atoms with E-state index in [9.17, 15) is 14.0 Å². The smallest absolute Gasteiger partial charge is 0.223 e. The van der Waals surface area contributed by atoms with Gasteiger partial charge in [-0.1, -0.05) is 18.2 Å². The van der Waals surface area contributed by atoms with E-state index in [2.05, 4.69) is 15.1 Å². The number of benzene rings is 1. The summed E-state index contributed by atoms with van der Waals surface area (Å²) in [5, 5.41) is 3.13. The van der Waals surface area contributed by atoms with E-state index in [1.807, 2.05) is 12.1 Å². The number of fused-ring (bicyclic) bond motifs is 4. The number of hydrogen-bond donors (Lipinski definition) is 1. The molecule has 3 saturated heterocycles. The molecule has 2 amide bonds. The number of carbonyl (C=O) groups is 2. The van der Waals surface area contributed by atoms with Gasteiger partial charge in [-0.15, -0.1) is 0 Å². The highest BCUT2D eigenvalue weighted by Gasteiger charge is 2.49. The fourth-order valence-electron chi connectivity index (χ4n) is 5.83. The van der Waals surface area contributed by atoms with E-state index in [-0.39, 0.29) is 35.6 Å². The Morgan fingerprint density at radius 2 is 1.93 bits per heavy atom. The lowest BCUT2D eigenvalue weighted by Crippen LogP contribution is -2.67. The molecule has 0 spiro atoms. The number of amides is 2. The van der Waals surface area contributed by atoms with Crippen LogP contribution < -0.4 is 5.32 Å². The molecule has 1 saturated carbocycles. The number of carbonyl (C=O) groups excluding carboxylic acids is 2. The molecule has 3 aliphatic heterocycles. The van der Waals surface area contributed by atoms with E-state index in [4.69, 9.17) is 0 Å². The minimum absolute atomic E-state index is 0.0650. The number of piperidine rings is 3. The zero-order valence-electron chi connectivity index (χ0n) is 16.9. The van der Waals surface area contributed by atoms with E-state index in [0.29, 0.717) is 31.3 Å². The lowest BCUT2D eigenvalue weighted by molar-refractivity contribution is -0.153. The van der Waals surface area contributed by atoms with Crippen molar-refractivity contribution in [1.29, 1.82) is 0 Å². The van der Waals surface area contributed by atoms with Gasteiger partial charge in [0.1, 0.15) is 5.82 Å². The monoisotopic (exact) mass is 399 g/mol. The van der Waals surface area contributed by atoms with Gasteiger partial charge in [-0.3, -0.25) is 14.5 Å². The van der Waals surface area contributed by atoms with Gasteiger partial charge < -0.3 is 10.2 Å². The molecule has 1 N–H and O–H groups in total. The third-order valence-electron chi connectivity index (χ3n) is 7.36. The van der Waals surface area contributed by atoms with Crippen LogP contribution in [0.15, 0.2) is 24.3 Å². The van der Waals surface area contributed by atoms with Crippen molar-refractivity contribution in [3.63, 3.8) is 0 Å². The topological polar surface area (TPSA) is 52.7 Å². The Balaban J connectivity index is 1.34. The molecule has 5 nitrogen and oxygen atoms in total. The molecule has 2 bridgehead atoms. The number of rotatable bonds is 5. The summed E-state index contributed by atoms with van der Waals surface area (Å²) in [6, 6.07) is 7.34. The summed E-state index contributed by atoms with van der Waals surface area (Å²) < 4.78 is 14.2. The first kappa shape index (κ1) is 19.0. The summed E-state index contributed by atoms with van der Waals surface area (Å²) in [5.74, 6) is 1.21. The van der Waals surface area contributed by atoms with Gasteiger partial charge in [0.05, 0.1) is 6.04 Å². The molecule has 1 aliphatic carbocycles. The van der Waals surface area contributed by atoms with Crippen molar-refractivity contribution in [3.05, 3.63) is 35.6 Å². The summed E-state index contributed by atoms with van der Waals surface area (Å²) in [4.78, 5) is 29.6. The van der Waals surface area contributed by atoms with E-state index in [0.717, 1.165) is 50.8 Å². The van der Waals surface area contributed by atoms with Crippen molar-refractivity contribution in [2.24, 2.45) is 17.8 Å². The Hall–Kier alpha value is -1.95. The molecule has 5 rings (SSSR count). The standard InChI is InChI=1S/C23H30FN3O2/c24-19-5-2-1-4-16(19)12-26-13-17-10-18(14-26)21(11-25-23(29)15-8-9-15)27-20(17)6-3-7-22(27)28/h1-2,4-5,15,17-18,20-21H,3,6-14H2,(H,25,29)/t17-,18+,20+,21+/m1/s1. The fourth-order valence-corrected chi connectivity index (χ4v) is 5.83. The van der Waals surface area contributed by atoms with Crippen molar-refractivity contribution in [3.8, 4) is 0 Å². The second-order valence-corrected chi connectivity index (χ2v) is 9.39. The molecule has 29 heavy (non-hydrogen) atoms. The maximum absolute atomic E-state index is 14.2. The highest BCUT2D eigenvalue weighted by molar-refractivity contribution is 5.81. The number of likely N-dealkylation sites (tertiary alicyclic amines) is 1. The van der Waals surface area contributed by atoms with Crippen LogP contribution in [0.1, 0.15) is 44.1 Å². The molecular weight excluding hydrogens is 369 g/mol. The minimum Gasteiger partial charge on any atom is -0.354 e. The molecule has 6 heteroatoms. The van der Waals surface area contributed by atoms with Crippen LogP contribution in [0, 0.1) is 23.6 Å². The number of nitrogens with one attached hydrogen (secondary N) is 1. The van der Waals surface area contributed by atoms with Crippen LogP contribution in [-0.2, 0) is 16.1 Å². The molecular formula is C23H30FN3O2. The minimum atomic E-state index is -0.147. The second kappa shape index (κ2) is 7.71. The van der Waals surface area contributed by atoms with Gasteiger partial charge in [-0.05, 0) is 50.0 Å². The first-order valence-electron chi connectivity index (χ1n) is 11.1. The van der Waals surface area contributed by atoms with Gasteiger partial charge in [0, 0.05) is 50.1 Å². The zero-order chi connectivity index (χ0) is 20.0. The summed E-state index contributed by atoms with van der Waals surface area (Å²) in [5.41, 5.74) is 0.739. The van der Waals surface area contributed by atoms with Gasteiger partial charge in [-0.2, -0.15) is 0 Å².